The van der Waals surface area contributed by atoms with Gasteiger partial charge in [0.25, 0.3) is 0 Å². The van der Waals surface area contributed by atoms with Crippen molar-refractivity contribution in [3.8, 4) is 39.8 Å². The van der Waals surface area contributed by atoms with Gasteiger partial charge in [-0.05, 0) is 48.6 Å². The molecule has 0 saturated carbocycles. The summed E-state index contributed by atoms with van der Waals surface area (Å²) in [6.07, 6.45) is 3.57. The summed E-state index contributed by atoms with van der Waals surface area (Å²) in [5, 5.41) is 12.8. The van der Waals surface area contributed by atoms with Crippen molar-refractivity contribution in [3.63, 3.8) is 0 Å². The monoisotopic (exact) mass is 548 g/mol. The zero-order valence-corrected chi connectivity index (χ0v) is 22.3. The van der Waals surface area contributed by atoms with E-state index in [2.05, 4.69) is 9.97 Å². The van der Waals surface area contributed by atoms with Crippen LogP contribution >= 0.6 is 35.0 Å². The second-order valence-electron chi connectivity index (χ2n) is 8.22. The molecule has 6 nitrogen and oxygen atoms in total. The van der Waals surface area contributed by atoms with Crippen molar-refractivity contribution in [3.05, 3.63) is 100 Å². The van der Waals surface area contributed by atoms with Crippen LogP contribution in [0.15, 0.2) is 84.1 Å². The molecule has 0 radical (unpaired) electrons. The molecule has 0 spiro atoms. The third-order valence-electron chi connectivity index (χ3n) is 5.80. The van der Waals surface area contributed by atoms with Crippen molar-refractivity contribution < 1.29 is 9.94 Å². The van der Waals surface area contributed by atoms with Crippen molar-refractivity contribution in [2.45, 2.75) is 18.7 Å². The van der Waals surface area contributed by atoms with Crippen molar-refractivity contribution >= 4 is 35.0 Å². The Morgan fingerprint density at radius 3 is 2.43 bits per heavy atom. The van der Waals surface area contributed by atoms with Gasteiger partial charge in [0.2, 0.25) is 0 Å². The van der Waals surface area contributed by atoms with Crippen LogP contribution in [0.4, 0.5) is 0 Å². The molecule has 0 saturated heterocycles. The predicted molar refractivity (Wildman–Crippen MR) is 149 cm³/mol. The van der Waals surface area contributed by atoms with Crippen LogP contribution in [0.5, 0.6) is 5.75 Å². The molecule has 2 aromatic heterocycles. The van der Waals surface area contributed by atoms with E-state index < -0.39 is 0 Å². The second-order valence-corrected chi connectivity index (χ2v) is 9.81. The van der Waals surface area contributed by atoms with Gasteiger partial charge in [-0.15, -0.1) is 0 Å². The average molecular weight is 549 g/mol. The fraction of sp³-hybridized carbons (Fsp3) is 0.107. The van der Waals surface area contributed by atoms with E-state index in [1.54, 1.807) is 30.5 Å². The fourth-order valence-electron chi connectivity index (χ4n) is 3.93. The van der Waals surface area contributed by atoms with Gasteiger partial charge in [0.15, 0.2) is 11.0 Å². The summed E-state index contributed by atoms with van der Waals surface area (Å²) >= 11 is 14.4. The van der Waals surface area contributed by atoms with Crippen molar-refractivity contribution in [1.82, 2.24) is 19.7 Å². The van der Waals surface area contributed by atoms with E-state index in [1.807, 2.05) is 61.7 Å². The summed E-state index contributed by atoms with van der Waals surface area (Å²) in [5.74, 6) is 0.899. The summed E-state index contributed by atoms with van der Waals surface area (Å²) in [7, 11) is 0. The first kappa shape index (κ1) is 25.1. The van der Waals surface area contributed by atoms with E-state index in [4.69, 9.17) is 32.9 Å². The number of halogens is 2. The Labute approximate surface area is 228 Å². The van der Waals surface area contributed by atoms with Crippen molar-refractivity contribution in [2.75, 3.05) is 6.26 Å². The molecular formula is C28H22Cl2N4O2S. The minimum atomic E-state index is 0.206. The van der Waals surface area contributed by atoms with E-state index >= 15 is 0 Å². The lowest BCUT2D eigenvalue weighted by molar-refractivity contribution is 0.195. The first-order chi connectivity index (χ1) is 18.0. The lowest BCUT2D eigenvalue weighted by Crippen LogP contribution is -2.00. The van der Waals surface area contributed by atoms with Crippen molar-refractivity contribution in [1.29, 1.82) is 0 Å². The van der Waals surface area contributed by atoms with E-state index in [1.165, 1.54) is 11.8 Å². The highest BCUT2D eigenvalue weighted by molar-refractivity contribution is 7.98. The molecule has 0 bridgehead atoms. The number of aromatic nitrogens is 4. The van der Waals surface area contributed by atoms with Gasteiger partial charge < -0.3 is 9.94 Å². The Balaban J connectivity index is 1.66. The van der Waals surface area contributed by atoms with E-state index in [-0.39, 0.29) is 5.82 Å². The van der Waals surface area contributed by atoms with Gasteiger partial charge >= 0.3 is 0 Å². The summed E-state index contributed by atoms with van der Waals surface area (Å²) in [6.45, 7) is 2.39. The van der Waals surface area contributed by atoms with Crippen LogP contribution in [-0.2, 0) is 6.61 Å². The van der Waals surface area contributed by atoms with Gasteiger partial charge in [-0.2, -0.15) is 4.73 Å². The molecule has 0 fully saturated rings. The molecular weight excluding hydrogens is 527 g/mol. The Morgan fingerprint density at radius 1 is 0.946 bits per heavy atom. The molecule has 0 aliphatic carbocycles. The minimum absolute atomic E-state index is 0.206. The summed E-state index contributed by atoms with van der Waals surface area (Å²) < 4.78 is 7.16. The van der Waals surface area contributed by atoms with Crippen LogP contribution in [0.25, 0.3) is 34.0 Å². The predicted octanol–water partition coefficient (Wildman–Crippen LogP) is 7.83. The molecule has 186 valence electrons. The third kappa shape index (κ3) is 5.16. The zero-order valence-electron chi connectivity index (χ0n) is 20.0. The highest BCUT2D eigenvalue weighted by atomic mass is 35.5. The van der Waals surface area contributed by atoms with Crippen LogP contribution in [0.3, 0.4) is 0 Å². The number of thioether (sulfide) groups is 1. The first-order valence-electron chi connectivity index (χ1n) is 11.4. The molecule has 3 aromatic carbocycles. The van der Waals surface area contributed by atoms with Crippen LogP contribution < -0.4 is 4.74 Å². The van der Waals surface area contributed by atoms with Crippen molar-refractivity contribution in [2.24, 2.45) is 0 Å². The maximum Gasteiger partial charge on any atom is 0.187 e. The quantitative estimate of drug-likeness (QED) is 0.127. The molecule has 0 unspecified atom stereocenters. The SMILES string of the molecule is CSc1nccc(-c2nc(-c3c(Cl)cccc3Cl)n(O)c2-c2ccc(C)c(OCc3ccccc3)c2)n1. The highest BCUT2D eigenvalue weighted by Crippen LogP contribution is 2.40. The van der Waals surface area contributed by atoms with Gasteiger partial charge in [0, 0.05) is 11.8 Å². The van der Waals surface area contributed by atoms with Crippen LogP contribution in [-0.4, -0.2) is 31.1 Å². The number of benzene rings is 3. The number of hydrogen-bond donors (Lipinski definition) is 1. The minimum Gasteiger partial charge on any atom is -0.489 e. The molecule has 0 aliphatic heterocycles. The van der Waals surface area contributed by atoms with E-state index in [0.29, 0.717) is 55.8 Å². The zero-order chi connectivity index (χ0) is 25.9. The van der Waals surface area contributed by atoms with Gasteiger partial charge in [-0.25, -0.2) is 15.0 Å². The fourth-order valence-corrected chi connectivity index (χ4v) is 4.85. The molecule has 0 aliphatic rings. The van der Waals surface area contributed by atoms with Gasteiger partial charge in [0.05, 0.1) is 21.3 Å². The molecule has 0 amide bonds. The summed E-state index contributed by atoms with van der Waals surface area (Å²) in [5.41, 5.74) is 4.59. The standard InChI is InChI=1S/C28H22Cl2N4O2S/c1-17-11-12-19(15-23(17)36-16-18-7-4-3-5-8-18)26-25(22-13-14-31-28(32-22)37-2)33-27(34(26)35)24-20(29)9-6-10-21(24)30/h3-15,35H,16H2,1-2H3. The molecule has 1 N–H and O–H groups in total. The van der Waals surface area contributed by atoms with E-state index in [0.717, 1.165) is 15.9 Å². The van der Waals surface area contributed by atoms with Crippen LogP contribution in [0.2, 0.25) is 10.0 Å². The Kier molecular flexibility index (Phi) is 7.37. The molecule has 37 heavy (non-hydrogen) atoms. The number of rotatable bonds is 7. The maximum absolute atomic E-state index is 11.5. The molecule has 2 heterocycles. The summed E-state index contributed by atoms with van der Waals surface area (Å²) in [6, 6.07) is 22.6. The lowest BCUT2D eigenvalue weighted by atomic mass is 10.1. The highest BCUT2D eigenvalue weighted by Gasteiger charge is 2.25. The Hall–Kier alpha value is -3.52. The summed E-state index contributed by atoms with van der Waals surface area (Å²) in [4.78, 5) is 13.7. The largest absolute Gasteiger partial charge is 0.489 e. The topological polar surface area (TPSA) is 73.1 Å². The molecule has 0 atom stereocenters. The molecule has 5 aromatic rings. The van der Waals surface area contributed by atoms with Crippen LogP contribution in [0.1, 0.15) is 11.1 Å². The lowest BCUT2D eigenvalue weighted by Gasteiger charge is -2.13. The first-order valence-corrected chi connectivity index (χ1v) is 13.4. The number of aryl methyl sites for hydroxylation is 1. The normalized spacial score (nSPS) is 11.0. The Bertz CT molecular complexity index is 1550. The third-order valence-corrected chi connectivity index (χ3v) is 6.99. The van der Waals surface area contributed by atoms with Crippen LogP contribution in [0, 0.1) is 6.92 Å². The number of hydrogen-bond acceptors (Lipinski definition) is 6. The Morgan fingerprint density at radius 2 is 1.70 bits per heavy atom. The van der Waals surface area contributed by atoms with Gasteiger partial charge in [-0.1, -0.05) is 83.5 Å². The average Bonchev–Trinajstić information content (AvgIpc) is 3.25. The second kappa shape index (κ2) is 10.8. The van der Waals surface area contributed by atoms with Gasteiger partial charge in [-0.3, -0.25) is 0 Å². The molecule has 5 rings (SSSR count). The smallest absolute Gasteiger partial charge is 0.187 e. The molecule has 9 heteroatoms. The maximum atomic E-state index is 11.5. The van der Waals surface area contributed by atoms with E-state index in [9.17, 15) is 5.21 Å². The number of nitrogens with zero attached hydrogens (tertiary/aromatic N) is 4. The van der Waals surface area contributed by atoms with Gasteiger partial charge in [0.1, 0.15) is 23.7 Å². The number of imidazole rings is 1. The number of ether oxygens (including phenoxy) is 1.